The van der Waals surface area contributed by atoms with Crippen LogP contribution in [0.2, 0.25) is 0 Å². The number of phenolic OH excluding ortho intramolecular Hbond substituents is 1. The molecule has 0 fully saturated rings. The molecule has 2 heterocycles. The maximum Gasteiger partial charge on any atom is 0.207 e. The van der Waals surface area contributed by atoms with Crippen molar-refractivity contribution < 1.29 is 5.11 Å². The van der Waals surface area contributed by atoms with E-state index in [2.05, 4.69) is 50.1 Å². The Labute approximate surface area is 147 Å². The number of fused-ring (bicyclic) bond motifs is 1. The number of benzene rings is 2. The molecule has 0 bridgehead atoms. The molecule has 1 aromatic heterocycles. The molecule has 0 aliphatic carbocycles. The van der Waals surface area contributed by atoms with Crippen molar-refractivity contribution in [3.05, 3.63) is 72.1 Å². The summed E-state index contributed by atoms with van der Waals surface area (Å²) >= 11 is 0. The highest BCUT2D eigenvalue weighted by molar-refractivity contribution is 5.56. The molecule has 128 valence electrons. The van der Waals surface area contributed by atoms with Crippen LogP contribution >= 0.6 is 0 Å². The second kappa shape index (κ2) is 6.99. The van der Waals surface area contributed by atoms with Gasteiger partial charge in [-0.1, -0.05) is 36.4 Å². The SMILES string of the molecule is Oc1cccc(Nc2ncc3n2CCN(CCc2ccccc2)C3)c1. The zero-order valence-electron chi connectivity index (χ0n) is 14.1. The lowest BCUT2D eigenvalue weighted by Crippen LogP contribution is -2.35. The number of hydrogen-bond donors (Lipinski definition) is 2. The molecule has 0 saturated heterocycles. The van der Waals surface area contributed by atoms with E-state index in [1.165, 1.54) is 11.3 Å². The van der Waals surface area contributed by atoms with Gasteiger partial charge in [-0.05, 0) is 24.1 Å². The molecule has 0 spiro atoms. The summed E-state index contributed by atoms with van der Waals surface area (Å²) in [7, 11) is 0. The zero-order valence-corrected chi connectivity index (χ0v) is 14.1. The Morgan fingerprint density at radius 3 is 2.76 bits per heavy atom. The van der Waals surface area contributed by atoms with Gasteiger partial charge in [-0.2, -0.15) is 0 Å². The molecule has 2 aromatic carbocycles. The second-order valence-electron chi connectivity index (χ2n) is 6.41. The van der Waals surface area contributed by atoms with Gasteiger partial charge in [0.25, 0.3) is 0 Å². The lowest BCUT2D eigenvalue weighted by Gasteiger charge is -2.28. The Morgan fingerprint density at radius 1 is 1.04 bits per heavy atom. The van der Waals surface area contributed by atoms with Crippen molar-refractivity contribution in [1.82, 2.24) is 14.5 Å². The summed E-state index contributed by atoms with van der Waals surface area (Å²) in [4.78, 5) is 6.99. The van der Waals surface area contributed by atoms with Crippen molar-refractivity contribution in [3.8, 4) is 5.75 Å². The number of anilines is 2. The van der Waals surface area contributed by atoms with Crippen LogP contribution in [0.4, 0.5) is 11.6 Å². The van der Waals surface area contributed by atoms with Crippen LogP contribution < -0.4 is 5.32 Å². The number of imidazole rings is 1. The Balaban J connectivity index is 1.40. The number of rotatable bonds is 5. The van der Waals surface area contributed by atoms with Crippen LogP contribution in [0.15, 0.2) is 60.8 Å². The Morgan fingerprint density at radius 2 is 1.92 bits per heavy atom. The minimum atomic E-state index is 0.252. The average Bonchev–Trinajstić information content (AvgIpc) is 3.03. The van der Waals surface area contributed by atoms with E-state index in [0.29, 0.717) is 0 Å². The maximum absolute atomic E-state index is 9.59. The summed E-state index contributed by atoms with van der Waals surface area (Å²) in [5.41, 5.74) is 3.45. The molecule has 2 N–H and O–H groups in total. The van der Waals surface area contributed by atoms with E-state index in [0.717, 1.165) is 44.2 Å². The fourth-order valence-corrected chi connectivity index (χ4v) is 3.27. The van der Waals surface area contributed by atoms with Gasteiger partial charge in [-0.25, -0.2) is 4.98 Å². The van der Waals surface area contributed by atoms with Gasteiger partial charge in [0.1, 0.15) is 5.75 Å². The molecule has 0 atom stereocenters. The molecule has 0 saturated carbocycles. The summed E-state index contributed by atoms with van der Waals surface area (Å²) in [6, 6.07) is 17.7. The first-order chi connectivity index (χ1) is 12.3. The number of aromatic hydroxyl groups is 1. The van der Waals surface area contributed by atoms with Crippen LogP contribution in [0.25, 0.3) is 0 Å². The first-order valence-electron chi connectivity index (χ1n) is 8.65. The Kier molecular flexibility index (Phi) is 4.39. The van der Waals surface area contributed by atoms with Crippen LogP contribution in [0.3, 0.4) is 0 Å². The minimum Gasteiger partial charge on any atom is -0.508 e. The van der Waals surface area contributed by atoms with E-state index in [9.17, 15) is 5.11 Å². The van der Waals surface area contributed by atoms with E-state index in [1.54, 1.807) is 12.1 Å². The van der Waals surface area contributed by atoms with Gasteiger partial charge in [0.2, 0.25) is 5.95 Å². The van der Waals surface area contributed by atoms with E-state index < -0.39 is 0 Å². The molecular formula is C20H22N4O. The molecule has 1 aliphatic rings. The molecule has 0 unspecified atom stereocenters. The third kappa shape index (κ3) is 3.67. The van der Waals surface area contributed by atoms with Crippen LogP contribution in [-0.2, 0) is 19.5 Å². The predicted molar refractivity (Wildman–Crippen MR) is 99.0 cm³/mol. The van der Waals surface area contributed by atoms with Crippen LogP contribution in [-0.4, -0.2) is 32.6 Å². The third-order valence-corrected chi connectivity index (χ3v) is 4.63. The van der Waals surface area contributed by atoms with Gasteiger partial charge in [-0.15, -0.1) is 0 Å². The van der Waals surface area contributed by atoms with Crippen molar-refractivity contribution in [3.63, 3.8) is 0 Å². The van der Waals surface area contributed by atoms with Gasteiger partial charge in [0, 0.05) is 37.9 Å². The molecule has 0 radical (unpaired) electrons. The normalized spacial score (nSPS) is 14.2. The Hall–Kier alpha value is -2.79. The number of nitrogens with zero attached hydrogens (tertiary/aromatic N) is 3. The molecule has 5 heteroatoms. The van der Waals surface area contributed by atoms with Crippen molar-refractivity contribution >= 4 is 11.6 Å². The molecule has 25 heavy (non-hydrogen) atoms. The molecule has 3 aromatic rings. The molecule has 0 amide bonds. The standard InChI is InChI=1S/C20H22N4O/c25-19-8-4-7-17(13-19)22-20-21-14-18-15-23(11-12-24(18)20)10-9-16-5-2-1-3-6-16/h1-8,13-14,25H,9-12,15H2,(H,21,22). The summed E-state index contributed by atoms with van der Waals surface area (Å²) < 4.78 is 2.23. The van der Waals surface area contributed by atoms with Crippen LogP contribution in [0, 0.1) is 0 Å². The monoisotopic (exact) mass is 334 g/mol. The van der Waals surface area contributed by atoms with Crippen molar-refractivity contribution in [2.24, 2.45) is 0 Å². The van der Waals surface area contributed by atoms with Crippen LogP contribution in [0.1, 0.15) is 11.3 Å². The largest absolute Gasteiger partial charge is 0.508 e. The maximum atomic E-state index is 9.59. The second-order valence-corrected chi connectivity index (χ2v) is 6.41. The summed E-state index contributed by atoms with van der Waals surface area (Å²) in [6.45, 7) is 3.92. The quantitative estimate of drug-likeness (QED) is 0.751. The van der Waals surface area contributed by atoms with E-state index in [-0.39, 0.29) is 5.75 Å². The van der Waals surface area contributed by atoms with Gasteiger partial charge in [0.05, 0.1) is 11.9 Å². The predicted octanol–water partition coefficient (Wildman–Crippen LogP) is 3.39. The van der Waals surface area contributed by atoms with Gasteiger partial charge in [0.15, 0.2) is 0 Å². The molecule has 1 aliphatic heterocycles. The number of phenols is 1. The average molecular weight is 334 g/mol. The fourth-order valence-electron chi connectivity index (χ4n) is 3.27. The molecular weight excluding hydrogens is 312 g/mol. The lowest BCUT2D eigenvalue weighted by atomic mass is 10.1. The summed E-state index contributed by atoms with van der Waals surface area (Å²) in [6.07, 6.45) is 3.02. The summed E-state index contributed by atoms with van der Waals surface area (Å²) in [5.74, 6) is 1.09. The van der Waals surface area contributed by atoms with Gasteiger partial charge < -0.3 is 15.0 Å². The topological polar surface area (TPSA) is 53.3 Å². The molecule has 5 nitrogen and oxygen atoms in total. The zero-order chi connectivity index (χ0) is 17.1. The van der Waals surface area contributed by atoms with E-state index in [4.69, 9.17) is 0 Å². The van der Waals surface area contributed by atoms with Crippen LogP contribution in [0.5, 0.6) is 5.75 Å². The number of aromatic nitrogens is 2. The highest BCUT2D eigenvalue weighted by atomic mass is 16.3. The minimum absolute atomic E-state index is 0.252. The lowest BCUT2D eigenvalue weighted by molar-refractivity contribution is 0.225. The van der Waals surface area contributed by atoms with Gasteiger partial charge >= 0.3 is 0 Å². The Bertz CT molecular complexity index is 844. The van der Waals surface area contributed by atoms with Gasteiger partial charge in [-0.3, -0.25) is 4.90 Å². The number of nitrogens with one attached hydrogen (secondary N) is 1. The smallest absolute Gasteiger partial charge is 0.207 e. The van der Waals surface area contributed by atoms with Crippen molar-refractivity contribution in [2.45, 2.75) is 19.5 Å². The van der Waals surface area contributed by atoms with E-state index >= 15 is 0 Å². The van der Waals surface area contributed by atoms with Crippen molar-refractivity contribution in [2.75, 3.05) is 18.4 Å². The highest BCUT2D eigenvalue weighted by Crippen LogP contribution is 2.23. The number of hydrogen-bond acceptors (Lipinski definition) is 4. The summed E-state index contributed by atoms with van der Waals surface area (Å²) in [5, 5.41) is 12.9. The van der Waals surface area contributed by atoms with Crippen molar-refractivity contribution in [1.29, 1.82) is 0 Å². The molecule has 4 rings (SSSR count). The highest BCUT2D eigenvalue weighted by Gasteiger charge is 2.19. The first kappa shape index (κ1) is 15.7. The fraction of sp³-hybridized carbons (Fsp3) is 0.250. The third-order valence-electron chi connectivity index (χ3n) is 4.63. The van der Waals surface area contributed by atoms with E-state index in [1.807, 2.05) is 18.3 Å². The first-order valence-corrected chi connectivity index (χ1v) is 8.65.